The number of aryl methyl sites for hydroxylation is 1. The molecule has 1 aromatic rings. The minimum Gasteiger partial charge on any atom is -0.316 e. The third kappa shape index (κ3) is 5.55. The van der Waals surface area contributed by atoms with E-state index in [4.69, 9.17) is 0 Å². The summed E-state index contributed by atoms with van der Waals surface area (Å²) in [7, 11) is 2.00. The first-order valence-corrected chi connectivity index (χ1v) is 7.08. The summed E-state index contributed by atoms with van der Waals surface area (Å²) in [6.07, 6.45) is 1.21. The van der Waals surface area contributed by atoms with Gasteiger partial charge in [0.15, 0.2) is 5.16 Å². The largest absolute Gasteiger partial charge is 0.316 e. The Balaban J connectivity index is 2.11. The van der Waals surface area contributed by atoms with Gasteiger partial charge in [0, 0.05) is 19.3 Å². The Morgan fingerprint density at radius 1 is 1.24 bits per heavy atom. The van der Waals surface area contributed by atoms with E-state index in [9.17, 15) is 0 Å². The summed E-state index contributed by atoms with van der Waals surface area (Å²) in [6, 6.07) is 0. The van der Waals surface area contributed by atoms with E-state index in [1.807, 2.05) is 18.5 Å². The molecule has 0 radical (unpaired) electrons. The number of rotatable bonds is 6. The minimum absolute atomic E-state index is 0.418. The minimum atomic E-state index is 0.418. The molecule has 0 unspecified atom stereocenters. The summed E-state index contributed by atoms with van der Waals surface area (Å²) in [6.45, 7) is 10.9. The predicted molar refractivity (Wildman–Crippen MR) is 73.4 cm³/mol. The van der Waals surface area contributed by atoms with Crippen molar-refractivity contribution >= 4 is 11.8 Å². The molecule has 0 saturated heterocycles. The van der Waals surface area contributed by atoms with Gasteiger partial charge in [-0.25, -0.2) is 0 Å². The van der Waals surface area contributed by atoms with Gasteiger partial charge in [-0.2, -0.15) is 0 Å². The van der Waals surface area contributed by atoms with Crippen LogP contribution in [-0.4, -0.2) is 33.6 Å². The molecule has 1 N–H and O–H groups in total. The zero-order chi connectivity index (χ0) is 12.9. The molecule has 0 fully saturated rings. The highest BCUT2D eigenvalue weighted by atomic mass is 32.2. The smallest absolute Gasteiger partial charge is 0.190 e. The molecule has 0 amide bonds. The highest BCUT2D eigenvalue weighted by molar-refractivity contribution is 7.99. The summed E-state index contributed by atoms with van der Waals surface area (Å²) < 4.78 is 2.03. The van der Waals surface area contributed by atoms with Crippen molar-refractivity contribution in [2.75, 3.05) is 18.8 Å². The number of aromatic nitrogens is 3. The molecule has 4 nitrogen and oxygen atoms in total. The average molecular weight is 256 g/mol. The lowest BCUT2D eigenvalue weighted by Crippen LogP contribution is -2.22. The van der Waals surface area contributed by atoms with E-state index in [1.165, 1.54) is 6.42 Å². The van der Waals surface area contributed by atoms with Crippen LogP contribution in [0.15, 0.2) is 5.16 Å². The SMILES string of the molecule is Cc1nnc(SCCNCCC(C)(C)C)n1C. The van der Waals surface area contributed by atoms with E-state index in [0.717, 1.165) is 29.8 Å². The fourth-order valence-electron chi connectivity index (χ4n) is 1.32. The lowest BCUT2D eigenvalue weighted by molar-refractivity contribution is 0.369. The summed E-state index contributed by atoms with van der Waals surface area (Å²) in [5.74, 6) is 2.00. The molecule has 0 saturated carbocycles. The van der Waals surface area contributed by atoms with Crippen molar-refractivity contribution in [1.82, 2.24) is 20.1 Å². The molecule has 0 spiro atoms. The Labute approximate surface area is 109 Å². The zero-order valence-electron chi connectivity index (χ0n) is 11.6. The van der Waals surface area contributed by atoms with Crippen LogP contribution in [0.1, 0.15) is 33.0 Å². The van der Waals surface area contributed by atoms with Crippen molar-refractivity contribution in [3.63, 3.8) is 0 Å². The maximum Gasteiger partial charge on any atom is 0.190 e. The lowest BCUT2D eigenvalue weighted by Gasteiger charge is -2.17. The normalized spacial score (nSPS) is 12.1. The molecule has 17 heavy (non-hydrogen) atoms. The van der Waals surface area contributed by atoms with Gasteiger partial charge < -0.3 is 9.88 Å². The third-order valence-corrected chi connectivity index (χ3v) is 3.64. The van der Waals surface area contributed by atoms with Crippen molar-refractivity contribution in [3.05, 3.63) is 5.82 Å². The Bertz CT molecular complexity index is 341. The highest BCUT2D eigenvalue weighted by Crippen LogP contribution is 2.17. The van der Waals surface area contributed by atoms with E-state index < -0.39 is 0 Å². The first-order valence-electron chi connectivity index (χ1n) is 6.10. The molecular weight excluding hydrogens is 232 g/mol. The van der Waals surface area contributed by atoms with E-state index in [2.05, 4.69) is 36.3 Å². The van der Waals surface area contributed by atoms with E-state index in [-0.39, 0.29) is 0 Å². The molecular formula is C12H24N4S. The molecule has 98 valence electrons. The second kappa shape index (κ2) is 6.40. The number of hydrogen-bond donors (Lipinski definition) is 1. The van der Waals surface area contributed by atoms with Gasteiger partial charge in [-0.3, -0.25) is 0 Å². The van der Waals surface area contributed by atoms with Gasteiger partial charge in [-0.1, -0.05) is 32.5 Å². The molecule has 0 atom stereocenters. The summed E-state index contributed by atoms with van der Waals surface area (Å²) >= 11 is 1.75. The number of nitrogens with one attached hydrogen (secondary N) is 1. The molecule has 0 bridgehead atoms. The molecule has 0 aliphatic rings. The molecule has 0 aliphatic heterocycles. The van der Waals surface area contributed by atoms with Gasteiger partial charge in [0.1, 0.15) is 5.82 Å². The second-order valence-electron chi connectivity index (χ2n) is 5.50. The van der Waals surface area contributed by atoms with Crippen LogP contribution in [-0.2, 0) is 7.05 Å². The molecule has 1 heterocycles. The monoisotopic (exact) mass is 256 g/mol. The van der Waals surface area contributed by atoms with Crippen molar-refractivity contribution in [3.8, 4) is 0 Å². The number of hydrogen-bond acceptors (Lipinski definition) is 4. The van der Waals surface area contributed by atoms with Gasteiger partial charge in [0.25, 0.3) is 0 Å². The van der Waals surface area contributed by atoms with Crippen molar-refractivity contribution in [1.29, 1.82) is 0 Å². The second-order valence-corrected chi connectivity index (χ2v) is 6.56. The van der Waals surface area contributed by atoms with Gasteiger partial charge >= 0.3 is 0 Å². The fourth-order valence-corrected chi connectivity index (χ4v) is 2.17. The van der Waals surface area contributed by atoms with Gasteiger partial charge in [-0.05, 0) is 25.3 Å². The van der Waals surface area contributed by atoms with Crippen LogP contribution in [0.4, 0.5) is 0 Å². The van der Waals surface area contributed by atoms with Crippen LogP contribution >= 0.6 is 11.8 Å². The standard InChI is InChI=1S/C12H24N4S/c1-10-14-15-11(16(10)5)17-9-8-13-7-6-12(2,3)4/h13H,6-9H2,1-5H3. The Kier molecular flexibility index (Phi) is 5.46. The number of thioether (sulfide) groups is 1. The van der Waals surface area contributed by atoms with E-state index in [0.29, 0.717) is 5.41 Å². The molecule has 1 rings (SSSR count). The van der Waals surface area contributed by atoms with Crippen LogP contribution in [0.25, 0.3) is 0 Å². The first kappa shape index (κ1) is 14.5. The zero-order valence-corrected chi connectivity index (χ0v) is 12.4. The van der Waals surface area contributed by atoms with Crippen LogP contribution in [0.3, 0.4) is 0 Å². The molecule has 5 heteroatoms. The molecule has 0 aliphatic carbocycles. The molecule has 0 aromatic carbocycles. The summed E-state index contributed by atoms with van der Waals surface area (Å²) in [5, 5.41) is 12.6. The Morgan fingerprint density at radius 2 is 1.94 bits per heavy atom. The van der Waals surface area contributed by atoms with Gasteiger partial charge in [0.05, 0.1) is 0 Å². The van der Waals surface area contributed by atoms with Crippen molar-refractivity contribution < 1.29 is 0 Å². The summed E-state index contributed by atoms with van der Waals surface area (Å²) in [4.78, 5) is 0. The van der Waals surface area contributed by atoms with E-state index in [1.54, 1.807) is 11.8 Å². The van der Waals surface area contributed by atoms with Crippen LogP contribution in [0, 0.1) is 12.3 Å². The number of nitrogens with zero attached hydrogens (tertiary/aromatic N) is 3. The van der Waals surface area contributed by atoms with Crippen molar-refractivity contribution in [2.45, 2.75) is 39.3 Å². The van der Waals surface area contributed by atoms with Crippen LogP contribution < -0.4 is 5.32 Å². The Morgan fingerprint density at radius 3 is 2.47 bits per heavy atom. The first-order chi connectivity index (χ1) is 7.90. The average Bonchev–Trinajstić information content (AvgIpc) is 2.53. The quantitative estimate of drug-likeness (QED) is 0.626. The predicted octanol–water partition coefficient (Wildman–Crippen LogP) is 2.24. The van der Waals surface area contributed by atoms with Crippen molar-refractivity contribution in [2.24, 2.45) is 12.5 Å². The Hall–Kier alpha value is -0.550. The maximum atomic E-state index is 4.12. The summed E-state index contributed by atoms with van der Waals surface area (Å²) in [5.41, 5.74) is 0.418. The van der Waals surface area contributed by atoms with E-state index >= 15 is 0 Å². The van der Waals surface area contributed by atoms with Gasteiger partial charge in [0.2, 0.25) is 0 Å². The molecule has 1 aromatic heterocycles. The highest BCUT2D eigenvalue weighted by Gasteiger charge is 2.09. The third-order valence-electron chi connectivity index (χ3n) is 2.61. The fraction of sp³-hybridized carbons (Fsp3) is 0.833. The van der Waals surface area contributed by atoms with Crippen LogP contribution in [0.2, 0.25) is 0 Å². The van der Waals surface area contributed by atoms with Gasteiger partial charge in [-0.15, -0.1) is 10.2 Å². The van der Waals surface area contributed by atoms with Crippen LogP contribution in [0.5, 0.6) is 0 Å². The lowest BCUT2D eigenvalue weighted by atomic mass is 9.92. The maximum absolute atomic E-state index is 4.12. The topological polar surface area (TPSA) is 42.7 Å².